The van der Waals surface area contributed by atoms with E-state index >= 15 is 0 Å². The van der Waals surface area contributed by atoms with Gasteiger partial charge in [0.2, 0.25) is 11.8 Å². The summed E-state index contributed by atoms with van der Waals surface area (Å²) in [5, 5.41) is 0. The van der Waals surface area contributed by atoms with Gasteiger partial charge in [0, 0.05) is 74.6 Å². The van der Waals surface area contributed by atoms with Crippen molar-refractivity contribution in [1.82, 2.24) is 29.7 Å². The predicted molar refractivity (Wildman–Crippen MR) is 242 cm³/mol. The molecule has 16 nitrogen and oxygen atoms in total. The van der Waals surface area contributed by atoms with Gasteiger partial charge in [-0.2, -0.15) is 0 Å². The van der Waals surface area contributed by atoms with Crippen molar-refractivity contribution in [3.63, 3.8) is 0 Å². The molecule has 4 aliphatic heterocycles. The minimum atomic E-state index is -0.745. The molecule has 4 aliphatic rings. The van der Waals surface area contributed by atoms with Crippen LogP contribution in [0.25, 0.3) is 22.5 Å². The average molecular weight is 879 g/mol. The van der Waals surface area contributed by atoms with E-state index in [-0.39, 0.29) is 23.9 Å². The van der Waals surface area contributed by atoms with Crippen molar-refractivity contribution in [2.75, 3.05) is 53.7 Å². The molecule has 16 heteroatoms. The molecule has 0 unspecified atom stereocenters. The third-order valence-corrected chi connectivity index (χ3v) is 11.7. The van der Waals surface area contributed by atoms with Crippen molar-refractivity contribution in [3.8, 4) is 34.4 Å². The number of carbonyl (C=O) groups is 4. The molecule has 2 aromatic heterocycles. The molecule has 4 amide bonds. The molecule has 0 spiro atoms. The normalized spacial score (nSPS) is 18.4. The minimum Gasteiger partial charge on any atom is -0.453 e. The van der Waals surface area contributed by atoms with Crippen LogP contribution in [0.4, 0.5) is 9.59 Å². The first-order valence-corrected chi connectivity index (χ1v) is 21.9. The van der Waals surface area contributed by atoms with Crippen LogP contribution in [0.2, 0.25) is 0 Å². The predicted octanol–water partition coefficient (Wildman–Crippen LogP) is 7.05. The van der Waals surface area contributed by atoms with Gasteiger partial charge in [-0.1, -0.05) is 36.1 Å². The lowest BCUT2D eigenvalue weighted by Gasteiger charge is -2.27. The van der Waals surface area contributed by atoms with Crippen LogP contribution in [-0.4, -0.2) is 107 Å². The summed E-state index contributed by atoms with van der Waals surface area (Å²) < 4.78 is 18.7. The molecule has 0 bridgehead atoms. The summed E-state index contributed by atoms with van der Waals surface area (Å²) in [6, 6.07) is 16.3. The molecule has 4 fully saturated rings. The van der Waals surface area contributed by atoms with E-state index in [0.29, 0.717) is 24.7 Å². The van der Waals surface area contributed by atoms with Gasteiger partial charge in [-0.3, -0.25) is 9.59 Å². The lowest BCUT2D eigenvalue weighted by molar-refractivity contribution is -0.134. The number of primary amides is 2. The van der Waals surface area contributed by atoms with E-state index in [0.717, 1.165) is 136 Å². The minimum absolute atomic E-state index is 0.0101. The number of H-pyrrole nitrogens is 2. The number of nitrogens with zero attached hydrogens (tertiary/aromatic N) is 4. The van der Waals surface area contributed by atoms with Gasteiger partial charge in [0.15, 0.2) is 0 Å². The van der Waals surface area contributed by atoms with Crippen LogP contribution < -0.4 is 11.5 Å². The maximum Gasteiger partial charge on any atom is 0.404 e. The first-order chi connectivity index (χ1) is 31.1. The molecular weight excluding hydrogens is 817 g/mol. The number of nitrogens with two attached hydrogens (primary N) is 2. The highest BCUT2D eigenvalue weighted by molar-refractivity contribution is 5.78. The number of benzene rings is 2. The fourth-order valence-corrected chi connectivity index (χ4v) is 8.31. The number of imidazole rings is 2. The number of likely N-dealkylation sites (tertiary alicyclic amines) is 2. The summed E-state index contributed by atoms with van der Waals surface area (Å²) in [6.07, 6.45) is 11.1. The molecule has 64 heavy (non-hydrogen) atoms. The first-order valence-electron chi connectivity index (χ1n) is 21.9. The number of ether oxygens (including phenoxy) is 4. The van der Waals surface area contributed by atoms with E-state index < -0.39 is 12.2 Å². The number of hydrogen-bond acceptors (Lipinski definition) is 10. The van der Waals surface area contributed by atoms with E-state index in [2.05, 4.69) is 80.2 Å². The molecule has 6 heterocycles. The van der Waals surface area contributed by atoms with Crippen LogP contribution >= 0.6 is 0 Å². The maximum atomic E-state index is 13.3. The molecular formula is C48H62N8O8. The Morgan fingerprint density at radius 3 is 1.41 bits per heavy atom. The van der Waals surface area contributed by atoms with Gasteiger partial charge in [-0.15, -0.1) is 13.2 Å². The van der Waals surface area contributed by atoms with Crippen LogP contribution in [-0.2, 0) is 28.5 Å². The topological polar surface area (TPSA) is 221 Å². The van der Waals surface area contributed by atoms with Gasteiger partial charge >= 0.3 is 12.2 Å². The molecule has 4 saturated heterocycles. The Labute approximate surface area is 375 Å². The highest BCUT2D eigenvalue weighted by atomic mass is 16.5. The fourth-order valence-electron chi connectivity index (χ4n) is 8.31. The second-order valence-electron chi connectivity index (χ2n) is 15.8. The molecule has 4 aromatic rings. The number of aromatic nitrogens is 4. The quantitative estimate of drug-likeness (QED) is 0.104. The first kappa shape index (κ1) is 48.6. The monoisotopic (exact) mass is 878 g/mol. The number of nitrogens with one attached hydrogen (secondary N) is 2. The summed E-state index contributed by atoms with van der Waals surface area (Å²) in [5.74, 6) is 9.70. The van der Waals surface area contributed by atoms with Gasteiger partial charge in [-0.05, 0) is 87.5 Å². The zero-order chi connectivity index (χ0) is 45.8. The number of carbonyl (C=O) groups excluding carboxylic acids is 4. The van der Waals surface area contributed by atoms with Gasteiger partial charge in [0.1, 0.15) is 11.6 Å². The smallest absolute Gasteiger partial charge is 0.404 e. The van der Waals surface area contributed by atoms with Crippen LogP contribution in [0.1, 0.15) is 99.1 Å². The highest BCUT2D eigenvalue weighted by Crippen LogP contribution is 2.35. The number of aromatic amines is 2. The Kier molecular flexibility index (Phi) is 19.0. The molecule has 0 aliphatic carbocycles. The van der Waals surface area contributed by atoms with Crippen LogP contribution in [0.3, 0.4) is 0 Å². The molecule has 0 radical (unpaired) electrons. The number of amides is 4. The third-order valence-electron chi connectivity index (χ3n) is 11.7. The van der Waals surface area contributed by atoms with Gasteiger partial charge in [0.25, 0.3) is 0 Å². The highest BCUT2D eigenvalue weighted by Gasteiger charge is 2.34. The lowest BCUT2D eigenvalue weighted by Crippen LogP contribution is -2.33. The van der Waals surface area contributed by atoms with Crippen molar-refractivity contribution in [2.45, 2.75) is 76.3 Å². The Bertz CT molecular complexity index is 2050. The molecule has 342 valence electrons. The zero-order valence-electron chi connectivity index (χ0n) is 37.0. The van der Waals surface area contributed by atoms with Gasteiger partial charge in [0.05, 0.1) is 50.1 Å². The Morgan fingerprint density at radius 2 is 1.05 bits per heavy atom. The third kappa shape index (κ3) is 14.0. The van der Waals surface area contributed by atoms with Gasteiger partial charge in [-0.25, -0.2) is 19.6 Å². The largest absolute Gasteiger partial charge is 0.453 e. The molecule has 6 N–H and O–H groups in total. The van der Waals surface area contributed by atoms with E-state index in [1.807, 2.05) is 46.5 Å². The van der Waals surface area contributed by atoms with Crippen molar-refractivity contribution >= 4 is 24.0 Å². The van der Waals surface area contributed by atoms with Crippen LogP contribution in [0, 0.1) is 23.7 Å². The van der Waals surface area contributed by atoms with Crippen LogP contribution in [0.15, 0.2) is 74.1 Å². The van der Waals surface area contributed by atoms with E-state index in [1.165, 1.54) is 14.2 Å². The standard InChI is InChI=1S/C42H48N6O4.2C2H5NO2.C2H4/c49-39(25-31-13-19-51-20-14-31)47-17-3-9-37(47)41-43-27-35(45-41)33-7-1-5-29(23-33)11-12-30-6-2-8-34(24-30)36-28-44-42(46-36)38-10-4-18-48(38)40(50)26-32-15-21-52-22-16-32;2*1-5-2(3)4;1-2/h1-2,5-8,23-24,27-28,31-32,37-38H,3-4,9-10,13-22,25-26H2,(H,43,45)(H,44,46);2*1H3,(H2,3,4);1-2H2/t37-,38-;;;/m0.../s1. The maximum absolute atomic E-state index is 13.3. The van der Waals surface area contributed by atoms with Gasteiger partial charge < -0.3 is 50.2 Å². The zero-order valence-corrected chi connectivity index (χ0v) is 37.0. The summed E-state index contributed by atoms with van der Waals surface area (Å²) >= 11 is 0. The number of rotatable bonds is 8. The molecule has 2 atom stereocenters. The molecule has 8 rings (SSSR count). The van der Waals surface area contributed by atoms with Crippen LogP contribution in [0.5, 0.6) is 0 Å². The Morgan fingerprint density at radius 1 is 0.672 bits per heavy atom. The molecule has 0 saturated carbocycles. The molecule has 2 aromatic carbocycles. The second kappa shape index (κ2) is 25.0. The summed E-state index contributed by atoms with van der Waals surface area (Å²) in [5.41, 5.74) is 14.5. The van der Waals surface area contributed by atoms with E-state index in [1.54, 1.807) is 0 Å². The van der Waals surface area contributed by atoms with E-state index in [9.17, 15) is 19.2 Å². The van der Waals surface area contributed by atoms with E-state index in [4.69, 9.17) is 19.4 Å². The summed E-state index contributed by atoms with van der Waals surface area (Å²) in [7, 11) is 2.45. The summed E-state index contributed by atoms with van der Waals surface area (Å²) in [6.45, 7) is 10.6. The number of hydrogen-bond donors (Lipinski definition) is 4. The average Bonchev–Trinajstić information content (AvgIpc) is 4.18. The SMILES string of the molecule is C=C.COC(N)=O.COC(N)=O.O=C(CC1CCOCC1)N1CCC[C@H]1c1ncc(-c2cccc(C#Cc3cccc(-c4cnc([C@@H]5CCCN5C(=O)CC5CCOCC5)[nH]4)c3)c2)[nH]1. The second-order valence-corrected chi connectivity index (χ2v) is 15.8. The fraction of sp³-hybridized carbons (Fsp3) is 0.458. The van der Waals surface area contributed by atoms with Crippen molar-refractivity contribution in [1.29, 1.82) is 0 Å². The lowest BCUT2D eigenvalue weighted by atomic mass is 9.96. The van der Waals surface area contributed by atoms with Crippen molar-refractivity contribution < 1.29 is 38.1 Å². The van der Waals surface area contributed by atoms with Crippen molar-refractivity contribution in [2.24, 2.45) is 23.3 Å². The summed E-state index contributed by atoms with van der Waals surface area (Å²) in [4.78, 5) is 65.9. The Balaban J connectivity index is 0.000000574. The number of methoxy groups -OCH3 is 2. The van der Waals surface area contributed by atoms with Crippen molar-refractivity contribution in [3.05, 3.63) is 96.9 Å². The Hall–Kier alpha value is -6.44.